The summed E-state index contributed by atoms with van der Waals surface area (Å²) in [5, 5.41) is 0. The van der Waals surface area contributed by atoms with E-state index in [0.29, 0.717) is 19.4 Å². The van der Waals surface area contributed by atoms with Gasteiger partial charge in [-0.15, -0.1) is 0 Å². The van der Waals surface area contributed by atoms with Crippen molar-refractivity contribution in [2.24, 2.45) is 0 Å². The van der Waals surface area contributed by atoms with Gasteiger partial charge in [-0.3, -0.25) is 8.98 Å². The Morgan fingerprint density at radius 1 is 1.26 bits per heavy atom. The quantitative estimate of drug-likeness (QED) is 0.583. The molecule has 1 heterocycles. The van der Waals surface area contributed by atoms with Crippen LogP contribution in [0.15, 0.2) is 24.3 Å². The van der Waals surface area contributed by atoms with Gasteiger partial charge in [0.1, 0.15) is 0 Å². The van der Waals surface area contributed by atoms with Gasteiger partial charge >= 0.3 is 0 Å². The Morgan fingerprint density at radius 3 is 2.74 bits per heavy atom. The molecule has 0 atom stereocenters. The van der Waals surface area contributed by atoms with Crippen LogP contribution in [0.3, 0.4) is 0 Å². The highest BCUT2D eigenvalue weighted by Gasteiger charge is 2.25. The topological polar surface area (TPSA) is 63.7 Å². The van der Waals surface area contributed by atoms with Crippen LogP contribution in [0, 0.1) is 0 Å². The van der Waals surface area contributed by atoms with E-state index in [-0.39, 0.29) is 12.5 Å². The first-order chi connectivity index (χ1) is 8.97. The van der Waals surface area contributed by atoms with Gasteiger partial charge in [-0.1, -0.05) is 18.2 Å². The molecule has 19 heavy (non-hydrogen) atoms. The molecule has 5 nitrogen and oxygen atoms in total. The molecule has 0 N–H and O–H groups in total. The summed E-state index contributed by atoms with van der Waals surface area (Å²) in [6.45, 7) is 0.769. The Labute approximate surface area is 113 Å². The van der Waals surface area contributed by atoms with E-state index in [9.17, 15) is 13.2 Å². The molecule has 0 aromatic heterocycles. The molecular weight excluding hydrogens is 266 g/mol. The van der Waals surface area contributed by atoms with Crippen molar-refractivity contribution in [3.05, 3.63) is 29.8 Å². The zero-order valence-electron chi connectivity index (χ0n) is 10.8. The number of para-hydroxylation sites is 1. The van der Waals surface area contributed by atoms with Crippen LogP contribution < -0.4 is 4.90 Å². The molecule has 2 rings (SSSR count). The first-order valence-corrected chi connectivity index (χ1v) is 8.02. The van der Waals surface area contributed by atoms with Crippen LogP contribution in [0.5, 0.6) is 0 Å². The van der Waals surface area contributed by atoms with E-state index in [4.69, 9.17) is 0 Å². The summed E-state index contributed by atoms with van der Waals surface area (Å²) in [6.07, 6.45) is 2.82. The number of carbonyl (C=O) groups excluding carboxylic acids is 1. The maximum Gasteiger partial charge on any atom is 0.264 e. The molecule has 1 aliphatic rings. The van der Waals surface area contributed by atoms with Crippen molar-refractivity contribution in [3.63, 3.8) is 0 Å². The fourth-order valence-corrected chi connectivity index (χ4v) is 2.56. The number of rotatable bonds is 6. The zero-order chi connectivity index (χ0) is 13.9. The molecule has 1 aliphatic heterocycles. The molecule has 1 amide bonds. The molecule has 0 fully saturated rings. The molecule has 0 radical (unpaired) electrons. The number of hydrogen-bond acceptors (Lipinski definition) is 4. The lowest BCUT2D eigenvalue weighted by atomic mass is 10.2. The van der Waals surface area contributed by atoms with Crippen molar-refractivity contribution in [1.82, 2.24) is 0 Å². The van der Waals surface area contributed by atoms with Crippen LogP contribution in [0.2, 0.25) is 0 Å². The molecule has 0 bridgehead atoms. The van der Waals surface area contributed by atoms with E-state index in [1.807, 2.05) is 24.3 Å². The normalized spacial score (nSPS) is 14.8. The summed E-state index contributed by atoms with van der Waals surface area (Å²) in [5.74, 6) is 0.102. The van der Waals surface area contributed by atoms with Crippen LogP contribution >= 0.6 is 0 Å². The first kappa shape index (κ1) is 14.0. The lowest BCUT2D eigenvalue weighted by Gasteiger charge is -2.17. The van der Waals surface area contributed by atoms with Crippen molar-refractivity contribution in [2.75, 3.05) is 24.3 Å². The van der Waals surface area contributed by atoms with E-state index in [1.165, 1.54) is 0 Å². The summed E-state index contributed by atoms with van der Waals surface area (Å²) in [7, 11) is -3.36. The van der Waals surface area contributed by atoms with Crippen LogP contribution in [0.4, 0.5) is 5.69 Å². The molecule has 0 aliphatic carbocycles. The minimum Gasteiger partial charge on any atom is -0.312 e. The van der Waals surface area contributed by atoms with E-state index >= 15 is 0 Å². The monoisotopic (exact) mass is 283 g/mol. The maximum atomic E-state index is 11.9. The van der Waals surface area contributed by atoms with Crippen molar-refractivity contribution in [3.8, 4) is 0 Å². The number of amides is 1. The third-order valence-corrected chi connectivity index (χ3v) is 3.59. The minimum atomic E-state index is -3.36. The van der Waals surface area contributed by atoms with Crippen molar-refractivity contribution in [2.45, 2.75) is 19.3 Å². The highest BCUT2D eigenvalue weighted by atomic mass is 32.2. The van der Waals surface area contributed by atoms with Crippen LogP contribution in [0.25, 0.3) is 0 Å². The van der Waals surface area contributed by atoms with Gasteiger partial charge in [0.25, 0.3) is 10.1 Å². The Kier molecular flexibility index (Phi) is 4.21. The van der Waals surface area contributed by atoms with Crippen molar-refractivity contribution in [1.29, 1.82) is 0 Å². The maximum absolute atomic E-state index is 11.9. The summed E-state index contributed by atoms with van der Waals surface area (Å²) in [5.41, 5.74) is 2.02. The molecular formula is C13H17NO4S. The van der Waals surface area contributed by atoms with Crippen molar-refractivity contribution < 1.29 is 17.4 Å². The largest absolute Gasteiger partial charge is 0.312 e. The summed E-state index contributed by atoms with van der Waals surface area (Å²) in [4.78, 5) is 13.6. The average Bonchev–Trinajstić information content (AvgIpc) is 2.64. The van der Waals surface area contributed by atoms with Gasteiger partial charge in [0.2, 0.25) is 5.91 Å². The van der Waals surface area contributed by atoms with Gasteiger partial charge < -0.3 is 4.90 Å². The Hall–Kier alpha value is -1.40. The second kappa shape index (κ2) is 5.71. The molecule has 0 saturated carbocycles. The number of hydrogen-bond donors (Lipinski definition) is 0. The molecule has 0 saturated heterocycles. The third kappa shape index (κ3) is 3.78. The highest BCUT2D eigenvalue weighted by Crippen LogP contribution is 2.28. The van der Waals surface area contributed by atoms with Crippen LogP contribution in [0.1, 0.15) is 18.4 Å². The number of benzene rings is 1. The number of unbranched alkanes of at least 4 members (excludes halogenated alkanes) is 1. The van der Waals surface area contributed by atoms with E-state index in [2.05, 4.69) is 4.18 Å². The van der Waals surface area contributed by atoms with Gasteiger partial charge in [-0.05, 0) is 24.5 Å². The van der Waals surface area contributed by atoms with Crippen LogP contribution in [-0.4, -0.2) is 33.7 Å². The average molecular weight is 283 g/mol. The second-order valence-corrected chi connectivity index (χ2v) is 6.23. The summed E-state index contributed by atoms with van der Waals surface area (Å²) >= 11 is 0. The highest BCUT2D eigenvalue weighted by molar-refractivity contribution is 7.85. The predicted octanol–water partition coefficient (Wildman–Crippen LogP) is 1.33. The lowest BCUT2D eigenvalue weighted by Crippen LogP contribution is -2.27. The number of fused-ring (bicyclic) bond motifs is 1. The zero-order valence-corrected chi connectivity index (χ0v) is 11.6. The molecule has 0 unspecified atom stereocenters. The molecule has 6 heteroatoms. The van der Waals surface area contributed by atoms with Gasteiger partial charge in [-0.25, -0.2) is 0 Å². The molecule has 1 aromatic carbocycles. The SMILES string of the molecule is CS(=O)(=O)OCCCCN1C(=O)Cc2ccccc21. The molecule has 1 aromatic rings. The van der Waals surface area contributed by atoms with Gasteiger partial charge in [0.05, 0.1) is 19.3 Å². The van der Waals surface area contributed by atoms with Gasteiger partial charge in [0.15, 0.2) is 0 Å². The minimum absolute atomic E-state index is 0.102. The standard InChI is InChI=1S/C13H17NO4S/c1-19(16,17)18-9-5-4-8-14-12-7-3-2-6-11(12)10-13(14)15/h2-3,6-7H,4-5,8-10H2,1H3. The van der Waals surface area contributed by atoms with E-state index in [0.717, 1.165) is 23.9 Å². The number of nitrogens with zero attached hydrogens (tertiary/aromatic N) is 1. The summed E-state index contributed by atoms with van der Waals surface area (Å²) < 4.78 is 26.2. The number of carbonyl (C=O) groups is 1. The van der Waals surface area contributed by atoms with Crippen molar-refractivity contribution >= 4 is 21.7 Å². The lowest BCUT2D eigenvalue weighted by molar-refractivity contribution is -0.117. The Balaban J connectivity index is 1.82. The third-order valence-electron chi connectivity index (χ3n) is 3.00. The van der Waals surface area contributed by atoms with Crippen LogP contribution in [-0.2, 0) is 25.5 Å². The fourth-order valence-electron chi connectivity index (χ4n) is 2.14. The van der Waals surface area contributed by atoms with Gasteiger partial charge in [-0.2, -0.15) is 8.42 Å². The smallest absolute Gasteiger partial charge is 0.264 e. The van der Waals surface area contributed by atoms with E-state index in [1.54, 1.807) is 4.90 Å². The number of anilines is 1. The molecule has 0 spiro atoms. The predicted molar refractivity (Wildman–Crippen MR) is 72.5 cm³/mol. The Bertz CT molecular complexity index is 568. The summed E-state index contributed by atoms with van der Waals surface area (Å²) in [6, 6.07) is 7.74. The fraction of sp³-hybridized carbons (Fsp3) is 0.462. The first-order valence-electron chi connectivity index (χ1n) is 6.20. The molecule has 104 valence electrons. The van der Waals surface area contributed by atoms with E-state index < -0.39 is 10.1 Å². The second-order valence-electron chi connectivity index (χ2n) is 4.58. The van der Waals surface area contributed by atoms with Gasteiger partial charge in [0, 0.05) is 12.2 Å². The Morgan fingerprint density at radius 2 is 2.00 bits per heavy atom.